The van der Waals surface area contributed by atoms with Gasteiger partial charge in [-0.1, -0.05) is 67.4 Å². The Morgan fingerprint density at radius 1 is 0.931 bits per heavy atom. The summed E-state index contributed by atoms with van der Waals surface area (Å²) >= 11 is 0. The first-order chi connectivity index (χ1) is 14.0. The van der Waals surface area contributed by atoms with Gasteiger partial charge in [-0.3, -0.25) is 19.3 Å². The molecule has 0 aromatic heterocycles. The van der Waals surface area contributed by atoms with E-state index in [1.807, 2.05) is 49.4 Å². The highest BCUT2D eigenvalue weighted by Crippen LogP contribution is 2.37. The molecule has 1 aliphatic carbocycles. The minimum Gasteiger partial charge on any atom is -0.348 e. The van der Waals surface area contributed by atoms with Crippen LogP contribution in [0, 0.1) is 11.8 Å². The maximum atomic E-state index is 12.5. The number of nitrogens with zero attached hydrogens (tertiary/aromatic N) is 1. The number of fused-ring (bicyclic) bond motifs is 1. The van der Waals surface area contributed by atoms with Gasteiger partial charge < -0.3 is 5.32 Å². The average molecular weight is 390 g/mol. The van der Waals surface area contributed by atoms with E-state index in [2.05, 4.69) is 17.4 Å². The predicted molar refractivity (Wildman–Crippen MR) is 111 cm³/mol. The number of nitrogens with one attached hydrogen (secondary N) is 1. The van der Waals surface area contributed by atoms with Crippen LogP contribution in [0.15, 0.2) is 54.6 Å². The molecule has 4 rings (SSSR count). The SMILES string of the molecule is CC(NC(=O)CN1C(=O)C2CCCCC2C1=O)c1ccc(-c2ccccc2)cc1. The van der Waals surface area contributed by atoms with Crippen LogP contribution in [0.2, 0.25) is 0 Å². The van der Waals surface area contributed by atoms with Gasteiger partial charge in [0.15, 0.2) is 0 Å². The van der Waals surface area contributed by atoms with Crippen molar-refractivity contribution in [3.05, 3.63) is 60.2 Å². The van der Waals surface area contributed by atoms with Crippen LogP contribution in [0.4, 0.5) is 0 Å². The predicted octanol–water partition coefficient (Wildman–Crippen LogP) is 3.71. The van der Waals surface area contributed by atoms with Crippen molar-refractivity contribution in [1.82, 2.24) is 10.2 Å². The maximum absolute atomic E-state index is 12.5. The van der Waals surface area contributed by atoms with Gasteiger partial charge in [0, 0.05) is 0 Å². The quantitative estimate of drug-likeness (QED) is 0.792. The number of hydrogen-bond acceptors (Lipinski definition) is 3. The maximum Gasteiger partial charge on any atom is 0.240 e. The summed E-state index contributed by atoms with van der Waals surface area (Å²) in [6, 6.07) is 18.0. The summed E-state index contributed by atoms with van der Waals surface area (Å²) in [6.45, 7) is 1.72. The lowest BCUT2D eigenvalue weighted by Gasteiger charge is -2.19. The fourth-order valence-corrected chi connectivity index (χ4v) is 4.50. The second kappa shape index (κ2) is 8.19. The number of amides is 3. The number of carbonyl (C=O) groups excluding carboxylic acids is 3. The van der Waals surface area contributed by atoms with E-state index >= 15 is 0 Å². The Morgan fingerprint density at radius 2 is 1.48 bits per heavy atom. The molecular formula is C24H26N2O3. The molecule has 1 heterocycles. The van der Waals surface area contributed by atoms with E-state index in [0.29, 0.717) is 0 Å². The molecule has 5 nitrogen and oxygen atoms in total. The fraction of sp³-hybridized carbons (Fsp3) is 0.375. The Balaban J connectivity index is 1.37. The monoisotopic (exact) mass is 390 g/mol. The lowest BCUT2D eigenvalue weighted by atomic mass is 9.81. The van der Waals surface area contributed by atoms with Crippen molar-refractivity contribution in [2.45, 2.75) is 38.6 Å². The van der Waals surface area contributed by atoms with Crippen molar-refractivity contribution in [1.29, 1.82) is 0 Å². The molecule has 3 unspecified atom stereocenters. The van der Waals surface area contributed by atoms with Crippen LogP contribution in [-0.4, -0.2) is 29.2 Å². The molecule has 0 spiro atoms. The number of rotatable bonds is 5. The molecule has 0 radical (unpaired) electrons. The molecule has 1 aliphatic heterocycles. The summed E-state index contributed by atoms with van der Waals surface area (Å²) in [5.74, 6) is -1.08. The third-order valence-corrected chi connectivity index (χ3v) is 6.13. The molecule has 29 heavy (non-hydrogen) atoms. The first-order valence-electron chi connectivity index (χ1n) is 10.3. The topological polar surface area (TPSA) is 66.5 Å². The number of likely N-dealkylation sites (tertiary alicyclic amines) is 1. The van der Waals surface area contributed by atoms with Gasteiger partial charge in [-0.2, -0.15) is 0 Å². The number of hydrogen-bond donors (Lipinski definition) is 1. The fourth-order valence-electron chi connectivity index (χ4n) is 4.50. The van der Waals surface area contributed by atoms with Crippen LogP contribution in [0.25, 0.3) is 11.1 Å². The first kappa shape index (κ1) is 19.4. The van der Waals surface area contributed by atoms with E-state index in [1.165, 1.54) is 4.90 Å². The molecule has 150 valence electrons. The molecular weight excluding hydrogens is 364 g/mol. The van der Waals surface area contributed by atoms with Crippen LogP contribution < -0.4 is 5.32 Å². The Kier molecular flexibility index (Phi) is 5.47. The van der Waals surface area contributed by atoms with E-state index in [9.17, 15) is 14.4 Å². The van der Waals surface area contributed by atoms with Gasteiger partial charge in [-0.05, 0) is 36.5 Å². The van der Waals surface area contributed by atoms with E-state index < -0.39 is 0 Å². The summed E-state index contributed by atoms with van der Waals surface area (Å²) in [4.78, 5) is 38.8. The number of imide groups is 1. The summed E-state index contributed by atoms with van der Waals surface area (Å²) in [5.41, 5.74) is 3.23. The van der Waals surface area contributed by atoms with E-state index in [1.54, 1.807) is 0 Å². The minimum atomic E-state index is -0.301. The Hall–Kier alpha value is -2.95. The average Bonchev–Trinajstić information content (AvgIpc) is 2.99. The largest absolute Gasteiger partial charge is 0.348 e. The highest BCUT2D eigenvalue weighted by molar-refractivity contribution is 6.07. The zero-order chi connectivity index (χ0) is 20.4. The lowest BCUT2D eigenvalue weighted by molar-refractivity contribution is -0.143. The van der Waals surface area contributed by atoms with Crippen LogP contribution >= 0.6 is 0 Å². The smallest absolute Gasteiger partial charge is 0.240 e. The first-order valence-corrected chi connectivity index (χ1v) is 10.3. The van der Waals surface area contributed by atoms with E-state index in [-0.39, 0.29) is 42.1 Å². The third-order valence-electron chi connectivity index (χ3n) is 6.13. The Morgan fingerprint density at radius 3 is 2.07 bits per heavy atom. The summed E-state index contributed by atoms with van der Waals surface area (Å²) < 4.78 is 0. The highest BCUT2D eigenvalue weighted by Gasteiger charge is 2.48. The summed E-state index contributed by atoms with van der Waals surface area (Å²) in [6.07, 6.45) is 3.49. The normalized spacial score (nSPS) is 22.3. The van der Waals surface area contributed by atoms with Crippen molar-refractivity contribution < 1.29 is 14.4 Å². The Bertz CT molecular complexity index is 883. The zero-order valence-electron chi connectivity index (χ0n) is 16.6. The standard InChI is InChI=1S/C24H26N2O3/c1-16(17-11-13-19(14-12-17)18-7-3-2-4-8-18)25-22(27)15-26-23(28)20-9-5-6-10-21(20)24(26)29/h2-4,7-8,11-14,16,20-21H,5-6,9-10,15H2,1H3,(H,25,27). The van der Waals surface area contributed by atoms with Gasteiger partial charge in [-0.15, -0.1) is 0 Å². The Labute approximate surface area is 171 Å². The summed E-state index contributed by atoms with van der Waals surface area (Å²) in [7, 11) is 0. The van der Waals surface area contributed by atoms with Gasteiger partial charge in [0.05, 0.1) is 17.9 Å². The highest BCUT2D eigenvalue weighted by atomic mass is 16.2. The molecule has 1 N–H and O–H groups in total. The van der Waals surface area contributed by atoms with E-state index in [4.69, 9.17) is 0 Å². The van der Waals surface area contributed by atoms with Crippen molar-refractivity contribution in [3.63, 3.8) is 0 Å². The number of benzene rings is 2. The van der Waals surface area contributed by atoms with E-state index in [0.717, 1.165) is 42.4 Å². The molecule has 2 aromatic rings. The van der Waals surface area contributed by atoms with Crippen LogP contribution in [0.5, 0.6) is 0 Å². The molecule has 2 aromatic carbocycles. The number of carbonyl (C=O) groups is 3. The molecule has 0 bridgehead atoms. The molecule has 2 aliphatic rings. The van der Waals surface area contributed by atoms with Crippen molar-refractivity contribution in [3.8, 4) is 11.1 Å². The summed E-state index contributed by atoms with van der Waals surface area (Å²) in [5, 5.41) is 2.92. The zero-order valence-corrected chi connectivity index (χ0v) is 16.6. The molecule has 1 saturated heterocycles. The van der Waals surface area contributed by atoms with Crippen molar-refractivity contribution in [2.75, 3.05) is 6.54 Å². The van der Waals surface area contributed by atoms with Crippen LogP contribution in [-0.2, 0) is 14.4 Å². The molecule has 3 amide bonds. The van der Waals surface area contributed by atoms with Gasteiger partial charge in [0.2, 0.25) is 17.7 Å². The third kappa shape index (κ3) is 3.95. The van der Waals surface area contributed by atoms with Gasteiger partial charge in [0.25, 0.3) is 0 Å². The second-order valence-corrected chi connectivity index (χ2v) is 8.04. The molecule has 2 fully saturated rings. The van der Waals surface area contributed by atoms with Gasteiger partial charge >= 0.3 is 0 Å². The van der Waals surface area contributed by atoms with Crippen LogP contribution in [0.3, 0.4) is 0 Å². The molecule has 1 saturated carbocycles. The molecule has 5 heteroatoms. The second-order valence-electron chi connectivity index (χ2n) is 8.04. The van der Waals surface area contributed by atoms with Crippen molar-refractivity contribution >= 4 is 17.7 Å². The van der Waals surface area contributed by atoms with Crippen LogP contribution in [0.1, 0.15) is 44.2 Å². The van der Waals surface area contributed by atoms with Gasteiger partial charge in [0.1, 0.15) is 6.54 Å². The molecule has 3 atom stereocenters. The minimum absolute atomic E-state index is 0.172. The lowest BCUT2D eigenvalue weighted by Crippen LogP contribution is -2.41. The van der Waals surface area contributed by atoms with Gasteiger partial charge in [-0.25, -0.2) is 0 Å². The van der Waals surface area contributed by atoms with Crippen molar-refractivity contribution in [2.24, 2.45) is 11.8 Å².